The Morgan fingerprint density at radius 2 is 1.50 bits per heavy atom. The van der Waals surface area contributed by atoms with Crippen molar-refractivity contribution in [1.82, 2.24) is 4.98 Å². The number of esters is 1. The fourth-order valence-electron chi connectivity index (χ4n) is 2.97. The van der Waals surface area contributed by atoms with Gasteiger partial charge in [-0.05, 0) is 31.4 Å². The third kappa shape index (κ3) is 12.4. The van der Waals surface area contributed by atoms with E-state index in [-0.39, 0.29) is 12.8 Å². The molecule has 0 aliphatic heterocycles. The smallest absolute Gasteiger partial charge is 0.318 e. The molecule has 1 aromatic heterocycles. The van der Waals surface area contributed by atoms with Gasteiger partial charge in [-0.1, -0.05) is 52.2 Å². The number of methoxy groups -OCH3 is 1. The maximum Gasteiger partial charge on any atom is 0.318 e. The Kier molecular flexibility index (Phi) is 15.8. The van der Waals surface area contributed by atoms with Crippen LogP contribution in [0.1, 0.15) is 72.1 Å². The van der Waals surface area contributed by atoms with Gasteiger partial charge in [0.15, 0.2) is 4.34 Å². The predicted octanol–water partition coefficient (Wildman–Crippen LogP) is 5.07. The summed E-state index contributed by atoms with van der Waals surface area (Å²) in [6.45, 7) is 11.1. The highest BCUT2D eigenvalue weighted by atomic mass is 32.2. The van der Waals surface area contributed by atoms with Gasteiger partial charge in [-0.15, -0.1) is 11.3 Å². The van der Waals surface area contributed by atoms with E-state index in [1.54, 1.807) is 0 Å². The highest BCUT2D eigenvalue weighted by Gasteiger charge is 2.11. The first kappa shape index (κ1) is 28.4. The van der Waals surface area contributed by atoms with Crippen LogP contribution in [0.15, 0.2) is 28.6 Å². The quantitative estimate of drug-likeness (QED) is 0.299. The maximum atomic E-state index is 11.4. The number of carbonyl (C=O) groups excluding carboxylic acids is 2. The largest absolute Gasteiger partial charge is 0.469 e. The molecule has 0 amide bonds. The summed E-state index contributed by atoms with van der Waals surface area (Å²) >= 11 is 2.37. The molecule has 0 atom stereocenters. The zero-order chi connectivity index (χ0) is 23.6. The summed E-state index contributed by atoms with van der Waals surface area (Å²) in [6.07, 6.45) is 8.29. The van der Waals surface area contributed by atoms with Gasteiger partial charge in [0.1, 0.15) is 12.0 Å². The van der Waals surface area contributed by atoms with Gasteiger partial charge in [-0.2, -0.15) is 0 Å². The zero-order valence-electron chi connectivity index (χ0n) is 20.0. The lowest BCUT2D eigenvalue weighted by molar-refractivity contribution is -0.900. The van der Waals surface area contributed by atoms with Crippen molar-refractivity contribution >= 4 is 45.5 Å². The molecule has 32 heavy (non-hydrogen) atoms. The molecule has 0 saturated carbocycles. The van der Waals surface area contributed by atoms with E-state index in [1.807, 2.05) is 29.2 Å². The van der Waals surface area contributed by atoms with Crippen LogP contribution in [0.4, 0.5) is 0 Å². The molecule has 0 radical (unpaired) electrons. The molecule has 0 saturated heterocycles. The van der Waals surface area contributed by atoms with Crippen LogP contribution in [0, 0.1) is 0 Å². The Morgan fingerprint density at radius 3 is 2.03 bits per heavy atom. The topological polar surface area (TPSA) is 69.9 Å². The summed E-state index contributed by atoms with van der Waals surface area (Å²) in [7, 11) is 1.28. The van der Waals surface area contributed by atoms with Crippen molar-refractivity contribution in [2.24, 2.45) is 0 Å². The number of hydrogen-bond acceptors (Lipinski definition) is 7. The lowest BCUT2D eigenvalue weighted by Crippen LogP contribution is -3.12. The number of nitrogens with zero attached hydrogens (tertiary/aromatic N) is 1. The fraction of sp³-hybridized carbons (Fsp3) is 0.625. The SMILES string of the molecule is CCCC[NH+](CCCC)CCCC.COC(=O)CCC(=O)OSc1nc2ccccc2s1. The van der Waals surface area contributed by atoms with Crippen LogP contribution in [0.2, 0.25) is 0 Å². The number of fused-ring (bicyclic) bond motifs is 1. The molecule has 1 heterocycles. The molecular formula is C24H39N2O4S2+. The summed E-state index contributed by atoms with van der Waals surface area (Å²) in [5, 5.41) is 0. The van der Waals surface area contributed by atoms with Crippen LogP contribution in [0.25, 0.3) is 10.2 Å². The Bertz CT molecular complexity index is 730. The highest BCUT2D eigenvalue weighted by molar-refractivity contribution is 7.97. The molecule has 1 aromatic carbocycles. The number of thiazole rings is 1. The van der Waals surface area contributed by atoms with Crippen molar-refractivity contribution in [3.8, 4) is 0 Å². The number of ether oxygens (including phenoxy) is 1. The maximum absolute atomic E-state index is 11.4. The minimum atomic E-state index is -0.463. The molecule has 0 spiro atoms. The van der Waals surface area contributed by atoms with E-state index in [1.165, 1.54) is 76.6 Å². The summed E-state index contributed by atoms with van der Waals surface area (Å²) in [6, 6.07) is 7.68. The van der Waals surface area contributed by atoms with Gasteiger partial charge in [-0.25, -0.2) is 4.98 Å². The van der Waals surface area contributed by atoms with Crippen LogP contribution in [-0.2, 0) is 18.5 Å². The van der Waals surface area contributed by atoms with Gasteiger partial charge in [0.25, 0.3) is 0 Å². The van der Waals surface area contributed by atoms with Crippen molar-refractivity contribution < 1.29 is 23.4 Å². The highest BCUT2D eigenvalue weighted by Crippen LogP contribution is 2.30. The number of carbonyl (C=O) groups is 2. The number of aromatic nitrogens is 1. The van der Waals surface area contributed by atoms with E-state index in [0.717, 1.165) is 22.3 Å². The summed E-state index contributed by atoms with van der Waals surface area (Å²) < 4.78 is 11.1. The van der Waals surface area contributed by atoms with Gasteiger partial charge in [0, 0.05) is 0 Å². The summed E-state index contributed by atoms with van der Waals surface area (Å²) in [5.74, 6) is -0.892. The molecule has 180 valence electrons. The summed E-state index contributed by atoms with van der Waals surface area (Å²) in [5.41, 5.74) is 0.876. The van der Waals surface area contributed by atoms with Crippen LogP contribution in [-0.4, -0.2) is 43.7 Å². The predicted molar refractivity (Wildman–Crippen MR) is 133 cm³/mol. The molecule has 1 N–H and O–H groups in total. The third-order valence-corrected chi connectivity index (χ3v) is 6.68. The number of benzene rings is 1. The zero-order valence-corrected chi connectivity index (χ0v) is 21.6. The number of rotatable bonds is 14. The van der Waals surface area contributed by atoms with Gasteiger partial charge in [0.05, 0.1) is 49.8 Å². The monoisotopic (exact) mass is 483 g/mol. The molecular weight excluding hydrogens is 444 g/mol. The van der Waals surface area contributed by atoms with E-state index in [0.29, 0.717) is 4.34 Å². The molecule has 0 aliphatic carbocycles. The van der Waals surface area contributed by atoms with E-state index in [9.17, 15) is 9.59 Å². The van der Waals surface area contributed by atoms with Gasteiger partial charge in [0.2, 0.25) is 0 Å². The molecule has 6 nitrogen and oxygen atoms in total. The van der Waals surface area contributed by atoms with Gasteiger partial charge in [-0.3, -0.25) is 9.59 Å². The van der Waals surface area contributed by atoms with Crippen LogP contribution in [0.3, 0.4) is 0 Å². The fourth-order valence-corrected chi connectivity index (χ4v) is 4.56. The lowest BCUT2D eigenvalue weighted by Gasteiger charge is -2.18. The molecule has 0 aliphatic rings. The minimum absolute atomic E-state index is 0.00453. The lowest BCUT2D eigenvalue weighted by atomic mass is 10.2. The Labute approximate surface area is 201 Å². The number of para-hydroxylation sites is 1. The second kappa shape index (κ2) is 17.9. The Hall–Kier alpha value is -1.64. The first-order valence-electron chi connectivity index (χ1n) is 11.7. The average Bonchev–Trinajstić information content (AvgIpc) is 3.24. The van der Waals surface area contributed by atoms with Crippen molar-refractivity contribution in [2.75, 3.05) is 26.7 Å². The van der Waals surface area contributed by atoms with Crippen molar-refractivity contribution in [2.45, 2.75) is 76.5 Å². The number of quaternary nitrogens is 1. The molecule has 0 unspecified atom stereocenters. The van der Waals surface area contributed by atoms with Gasteiger partial charge < -0.3 is 13.8 Å². The van der Waals surface area contributed by atoms with E-state index in [2.05, 4.69) is 30.5 Å². The average molecular weight is 484 g/mol. The Morgan fingerprint density at radius 1 is 0.938 bits per heavy atom. The van der Waals surface area contributed by atoms with Crippen LogP contribution >= 0.6 is 23.4 Å². The molecule has 2 rings (SSSR count). The molecule has 0 bridgehead atoms. The first-order valence-corrected chi connectivity index (χ1v) is 13.2. The number of unbranched alkanes of at least 4 members (excludes halogenated alkanes) is 3. The normalized spacial score (nSPS) is 10.7. The van der Waals surface area contributed by atoms with Crippen LogP contribution < -0.4 is 4.90 Å². The summed E-state index contributed by atoms with van der Waals surface area (Å²) in [4.78, 5) is 28.4. The molecule has 8 heteroatoms. The van der Waals surface area contributed by atoms with Gasteiger partial charge >= 0.3 is 11.9 Å². The second-order valence-corrected chi connectivity index (χ2v) is 9.63. The van der Waals surface area contributed by atoms with Crippen LogP contribution in [0.5, 0.6) is 0 Å². The molecule has 2 aromatic rings. The Balaban J connectivity index is 0.000000347. The number of nitrogens with one attached hydrogen (secondary N) is 1. The van der Waals surface area contributed by atoms with E-state index in [4.69, 9.17) is 4.18 Å². The van der Waals surface area contributed by atoms with Crippen molar-refractivity contribution in [1.29, 1.82) is 0 Å². The standard InChI is InChI=1S/C12H11NO4S2.C12H27N/c1-16-10(14)6-7-11(15)17-19-12-13-8-4-2-3-5-9(8)18-12;1-4-7-10-13(11-8-5-2)12-9-6-3/h2-5H,6-7H2,1H3;4-12H2,1-3H3/p+1. The first-order chi connectivity index (χ1) is 15.5. The molecule has 0 fully saturated rings. The number of hydrogen-bond donors (Lipinski definition) is 1. The minimum Gasteiger partial charge on any atom is -0.469 e. The third-order valence-electron chi connectivity index (χ3n) is 4.89. The second-order valence-electron chi connectivity index (χ2n) is 7.62. The van der Waals surface area contributed by atoms with Crippen molar-refractivity contribution in [3.05, 3.63) is 24.3 Å². The van der Waals surface area contributed by atoms with Crippen molar-refractivity contribution in [3.63, 3.8) is 0 Å². The van der Waals surface area contributed by atoms with E-state index < -0.39 is 11.9 Å². The van der Waals surface area contributed by atoms with E-state index >= 15 is 0 Å².